The van der Waals surface area contributed by atoms with E-state index in [-0.39, 0.29) is 36.5 Å². The van der Waals surface area contributed by atoms with E-state index in [0.717, 1.165) is 28.2 Å². The minimum atomic E-state index is -0.638. The predicted molar refractivity (Wildman–Crippen MR) is 118 cm³/mol. The van der Waals surface area contributed by atoms with Crippen LogP contribution in [0, 0.1) is 11.6 Å². The molecule has 33 heavy (non-hydrogen) atoms. The van der Waals surface area contributed by atoms with Crippen LogP contribution in [-0.4, -0.2) is 36.8 Å². The second-order valence-electron chi connectivity index (χ2n) is 8.43. The first-order chi connectivity index (χ1) is 16.1. The van der Waals surface area contributed by atoms with Gasteiger partial charge in [0.05, 0.1) is 24.9 Å². The van der Waals surface area contributed by atoms with Gasteiger partial charge in [0.25, 0.3) is 0 Å². The molecule has 0 saturated carbocycles. The molecule has 1 saturated heterocycles. The summed E-state index contributed by atoms with van der Waals surface area (Å²) < 4.78 is 44.0. The van der Waals surface area contributed by atoms with Crippen molar-refractivity contribution in [3.8, 4) is 11.5 Å². The number of fused-ring (bicyclic) bond motifs is 1. The van der Waals surface area contributed by atoms with Crippen LogP contribution in [0.5, 0.6) is 11.5 Å². The van der Waals surface area contributed by atoms with E-state index in [1.54, 1.807) is 24.3 Å². The second-order valence-corrected chi connectivity index (χ2v) is 8.43. The van der Waals surface area contributed by atoms with Crippen LogP contribution in [-0.2, 0) is 11.3 Å². The van der Waals surface area contributed by atoms with Crippen LogP contribution in [0.2, 0.25) is 0 Å². The summed E-state index contributed by atoms with van der Waals surface area (Å²) in [6.45, 7) is 1.09. The number of nitrogens with one attached hydrogen (secondary N) is 1. The quantitative estimate of drug-likeness (QED) is 0.588. The summed E-state index contributed by atoms with van der Waals surface area (Å²) in [5, 5.41) is 14.3. The maximum absolute atomic E-state index is 13.5. The maximum atomic E-state index is 13.5. The number of hydrogen-bond acceptors (Lipinski definition) is 5. The minimum Gasteiger partial charge on any atom is -0.454 e. The Morgan fingerprint density at radius 2 is 1.52 bits per heavy atom. The molecular formula is C26H25F2NO4. The van der Waals surface area contributed by atoms with Crippen LogP contribution in [0.25, 0.3) is 0 Å². The van der Waals surface area contributed by atoms with E-state index >= 15 is 0 Å². The summed E-state index contributed by atoms with van der Waals surface area (Å²) in [7, 11) is 0. The predicted octanol–water partition coefficient (Wildman–Crippen LogP) is 4.13. The molecule has 0 aromatic heterocycles. The molecule has 5 rings (SSSR count). The number of aliphatic hydroxyl groups excluding tert-OH is 1. The smallest absolute Gasteiger partial charge is 0.231 e. The Balaban J connectivity index is 1.28. The molecule has 0 amide bonds. The molecule has 2 heterocycles. The van der Waals surface area contributed by atoms with E-state index in [2.05, 4.69) is 5.32 Å². The van der Waals surface area contributed by atoms with E-state index in [9.17, 15) is 13.9 Å². The number of benzene rings is 3. The Labute approximate surface area is 190 Å². The normalized spacial score (nSPS) is 22.0. The largest absolute Gasteiger partial charge is 0.454 e. The third kappa shape index (κ3) is 4.85. The summed E-state index contributed by atoms with van der Waals surface area (Å²) in [5.41, 5.74) is 2.73. The molecule has 2 aliphatic rings. The van der Waals surface area contributed by atoms with Crippen molar-refractivity contribution in [2.75, 3.05) is 13.4 Å². The lowest BCUT2D eigenvalue weighted by Crippen LogP contribution is -2.50. The van der Waals surface area contributed by atoms with Gasteiger partial charge in [0, 0.05) is 18.9 Å². The van der Waals surface area contributed by atoms with Crippen molar-refractivity contribution in [2.24, 2.45) is 0 Å². The molecule has 3 aromatic rings. The van der Waals surface area contributed by atoms with E-state index in [1.807, 2.05) is 18.2 Å². The zero-order valence-corrected chi connectivity index (χ0v) is 17.9. The standard InChI is InChI=1S/C26H25F2NO4/c27-19-6-2-17(3-7-19)26(18-4-8-20(28)9-5-18)25-12-22(30)21(14-31-25)29-13-16-1-10-23-24(11-16)33-15-32-23/h1-11,21-22,25-26,29-30H,12-15H2. The first-order valence-corrected chi connectivity index (χ1v) is 11.0. The highest BCUT2D eigenvalue weighted by Gasteiger charge is 2.35. The highest BCUT2D eigenvalue weighted by molar-refractivity contribution is 5.44. The second kappa shape index (κ2) is 9.47. The molecule has 3 unspecified atom stereocenters. The Kier molecular flexibility index (Phi) is 6.26. The minimum absolute atomic E-state index is 0.228. The van der Waals surface area contributed by atoms with Crippen LogP contribution >= 0.6 is 0 Å². The SMILES string of the molecule is OC1CC(C(c2ccc(F)cc2)c2ccc(F)cc2)OCC1NCc1ccc2c(c1)OCO2. The van der Waals surface area contributed by atoms with Gasteiger partial charge in [-0.15, -0.1) is 0 Å². The lowest BCUT2D eigenvalue weighted by molar-refractivity contribution is -0.0718. The number of hydrogen-bond donors (Lipinski definition) is 2. The highest BCUT2D eigenvalue weighted by atomic mass is 19.1. The zero-order chi connectivity index (χ0) is 22.8. The van der Waals surface area contributed by atoms with E-state index in [4.69, 9.17) is 14.2 Å². The Morgan fingerprint density at radius 3 is 2.15 bits per heavy atom. The van der Waals surface area contributed by atoms with Crippen LogP contribution in [0.1, 0.15) is 29.0 Å². The Bertz CT molecular complexity index is 1040. The third-order valence-electron chi connectivity index (χ3n) is 6.26. The molecule has 0 aliphatic carbocycles. The van der Waals surface area contributed by atoms with Crippen LogP contribution in [0.3, 0.4) is 0 Å². The molecule has 0 bridgehead atoms. The topological polar surface area (TPSA) is 60.0 Å². The van der Waals surface area contributed by atoms with Gasteiger partial charge in [-0.25, -0.2) is 8.78 Å². The fourth-order valence-corrected chi connectivity index (χ4v) is 4.50. The number of aliphatic hydroxyl groups is 1. The van der Waals surface area contributed by atoms with Crippen molar-refractivity contribution < 1.29 is 28.1 Å². The van der Waals surface area contributed by atoms with Gasteiger partial charge in [0.2, 0.25) is 6.79 Å². The van der Waals surface area contributed by atoms with Crippen LogP contribution in [0.15, 0.2) is 66.7 Å². The molecule has 3 aromatic carbocycles. The molecule has 2 N–H and O–H groups in total. The average Bonchev–Trinajstić information content (AvgIpc) is 3.29. The summed E-state index contributed by atoms with van der Waals surface area (Å²) in [4.78, 5) is 0. The summed E-state index contributed by atoms with van der Waals surface area (Å²) in [6, 6.07) is 18.0. The summed E-state index contributed by atoms with van der Waals surface area (Å²) in [5.74, 6) is 0.546. The number of halogens is 2. The zero-order valence-electron chi connectivity index (χ0n) is 17.9. The monoisotopic (exact) mass is 453 g/mol. The molecule has 2 aliphatic heterocycles. The van der Waals surface area contributed by atoms with Crippen LogP contribution < -0.4 is 14.8 Å². The molecule has 0 spiro atoms. The van der Waals surface area contributed by atoms with Gasteiger partial charge < -0.3 is 24.6 Å². The van der Waals surface area contributed by atoms with E-state index in [0.29, 0.717) is 19.6 Å². The Morgan fingerprint density at radius 1 is 0.879 bits per heavy atom. The third-order valence-corrected chi connectivity index (χ3v) is 6.26. The molecular weight excluding hydrogens is 428 g/mol. The van der Waals surface area contributed by atoms with Gasteiger partial charge in [0.1, 0.15) is 11.6 Å². The molecule has 5 nitrogen and oxygen atoms in total. The maximum Gasteiger partial charge on any atom is 0.231 e. The summed E-state index contributed by atoms with van der Waals surface area (Å²) in [6.07, 6.45) is -0.584. The molecule has 172 valence electrons. The highest BCUT2D eigenvalue weighted by Crippen LogP contribution is 2.35. The van der Waals surface area contributed by atoms with Gasteiger partial charge in [-0.05, 0) is 53.1 Å². The van der Waals surface area contributed by atoms with E-state index in [1.165, 1.54) is 24.3 Å². The van der Waals surface area contributed by atoms with Crippen molar-refractivity contribution in [1.82, 2.24) is 5.32 Å². The van der Waals surface area contributed by atoms with Gasteiger partial charge in [-0.2, -0.15) is 0 Å². The average molecular weight is 453 g/mol. The summed E-state index contributed by atoms with van der Waals surface area (Å²) >= 11 is 0. The molecule has 1 fully saturated rings. The molecule has 0 radical (unpaired) electrons. The first kappa shape index (κ1) is 21.8. The van der Waals surface area contributed by atoms with Gasteiger partial charge in [-0.3, -0.25) is 0 Å². The van der Waals surface area contributed by atoms with Crippen molar-refractivity contribution >= 4 is 0 Å². The molecule has 7 heteroatoms. The van der Waals surface area contributed by atoms with Gasteiger partial charge >= 0.3 is 0 Å². The van der Waals surface area contributed by atoms with Gasteiger partial charge in [0.15, 0.2) is 11.5 Å². The van der Waals surface area contributed by atoms with Crippen molar-refractivity contribution in [3.05, 3.63) is 95.1 Å². The van der Waals surface area contributed by atoms with Crippen molar-refractivity contribution in [1.29, 1.82) is 0 Å². The van der Waals surface area contributed by atoms with E-state index < -0.39 is 6.10 Å². The van der Waals surface area contributed by atoms with Crippen molar-refractivity contribution in [2.45, 2.75) is 37.1 Å². The fourth-order valence-electron chi connectivity index (χ4n) is 4.50. The number of ether oxygens (including phenoxy) is 3. The van der Waals surface area contributed by atoms with Crippen molar-refractivity contribution in [3.63, 3.8) is 0 Å². The van der Waals surface area contributed by atoms with Gasteiger partial charge in [-0.1, -0.05) is 30.3 Å². The van der Waals surface area contributed by atoms with Crippen LogP contribution in [0.4, 0.5) is 8.78 Å². The molecule has 3 atom stereocenters. The Hall–Kier alpha value is -3.00. The fraction of sp³-hybridized carbons (Fsp3) is 0.308. The first-order valence-electron chi connectivity index (χ1n) is 11.0. The lowest BCUT2D eigenvalue weighted by Gasteiger charge is -2.38. The lowest BCUT2D eigenvalue weighted by atomic mass is 9.82. The number of rotatable bonds is 6.